The van der Waals surface area contributed by atoms with Gasteiger partial charge in [-0.1, -0.05) is 35.9 Å². The average Bonchev–Trinajstić information content (AvgIpc) is 3.20. The number of methoxy groups -OCH3 is 2. The molecule has 0 spiro atoms. The van der Waals surface area contributed by atoms with Crippen molar-refractivity contribution < 1.29 is 13.9 Å². The molecule has 0 aliphatic rings. The fourth-order valence-electron chi connectivity index (χ4n) is 2.62. The van der Waals surface area contributed by atoms with Crippen molar-refractivity contribution >= 4 is 29.9 Å². The van der Waals surface area contributed by atoms with Crippen molar-refractivity contribution in [3.63, 3.8) is 0 Å². The molecular formula is C21H25IN4O3. The van der Waals surface area contributed by atoms with E-state index in [4.69, 9.17) is 19.6 Å². The fourth-order valence-corrected chi connectivity index (χ4v) is 2.62. The van der Waals surface area contributed by atoms with Crippen molar-refractivity contribution in [3.05, 3.63) is 65.7 Å². The molecular weight excluding hydrogens is 483 g/mol. The molecule has 0 radical (unpaired) electrons. The minimum atomic E-state index is 0. The SMILES string of the molecule is COc1ccc(CN=C(N)NCc2ncc(-c3ccc(C)cc3)o2)cc1OC.I. The third kappa shape index (κ3) is 6.11. The Kier molecular flexibility index (Phi) is 8.32. The van der Waals surface area contributed by atoms with Gasteiger partial charge in [0.15, 0.2) is 23.2 Å². The molecule has 0 aliphatic heterocycles. The van der Waals surface area contributed by atoms with Crippen LogP contribution in [0.2, 0.25) is 0 Å². The Labute approximate surface area is 187 Å². The summed E-state index contributed by atoms with van der Waals surface area (Å²) in [5, 5.41) is 3.01. The molecule has 29 heavy (non-hydrogen) atoms. The van der Waals surface area contributed by atoms with Crippen LogP contribution >= 0.6 is 24.0 Å². The van der Waals surface area contributed by atoms with Crippen LogP contribution in [0.1, 0.15) is 17.0 Å². The second-order valence-electron chi connectivity index (χ2n) is 6.23. The average molecular weight is 508 g/mol. The number of aromatic nitrogens is 1. The minimum absolute atomic E-state index is 0. The lowest BCUT2D eigenvalue weighted by Crippen LogP contribution is -2.31. The number of rotatable bonds is 7. The predicted molar refractivity (Wildman–Crippen MR) is 124 cm³/mol. The maximum absolute atomic E-state index is 5.94. The van der Waals surface area contributed by atoms with Crippen LogP contribution in [0.3, 0.4) is 0 Å². The molecule has 7 nitrogen and oxygen atoms in total. The van der Waals surface area contributed by atoms with Crippen molar-refractivity contribution in [3.8, 4) is 22.8 Å². The van der Waals surface area contributed by atoms with Gasteiger partial charge in [-0.25, -0.2) is 9.98 Å². The Morgan fingerprint density at radius 1 is 1.10 bits per heavy atom. The Hall–Kier alpha value is -2.75. The zero-order chi connectivity index (χ0) is 19.9. The number of halogens is 1. The molecule has 0 amide bonds. The first-order valence-electron chi connectivity index (χ1n) is 8.85. The molecule has 0 atom stereocenters. The van der Waals surface area contributed by atoms with Gasteiger partial charge >= 0.3 is 0 Å². The van der Waals surface area contributed by atoms with Crippen LogP contribution in [0, 0.1) is 6.92 Å². The number of guanidine groups is 1. The summed E-state index contributed by atoms with van der Waals surface area (Å²) in [5.41, 5.74) is 9.09. The summed E-state index contributed by atoms with van der Waals surface area (Å²) in [6.07, 6.45) is 1.71. The lowest BCUT2D eigenvalue weighted by Gasteiger charge is -2.09. The molecule has 2 aromatic carbocycles. The summed E-state index contributed by atoms with van der Waals surface area (Å²) < 4.78 is 16.3. The summed E-state index contributed by atoms with van der Waals surface area (Å²) >= 11 is 0. The first-order valence-corrected chi connectivity index (χ1v) is 8.85. The molecule has 3 N–H and O–H groups in total. The van der Waals surface area contributed by atoms with E-state index in [0.29, 0.717) is 36.4 Å². The van der Waals surface area contributed by atoms with E-state index in [1.54, 1.807) is 20.4 Å². The number of oxazole rings is 1. The number of nitrogens with zero attached hydrogens (tertiary/aromatic N) is 2. The monoisotopic (exact) mass is 508 g/mol. The van der Waals surface area contributed by atoms with E-state index in [1.165, 1.54) is 5.56 Å². The molecule has 8 heteroatoms. The van der Waals surface area contributed by atoms with Crippen LogP contribution in [0.15, 0.2) is 58.1 Å². The van der Waals surface area contributed by atoms with Gasteiger partial charge in [0.25, 0.3) is 0 Å². The summed E-state index contributed by atoms with van der Waals surface area (Å²) in [6, 6.07) is 13.7. The summed E-state index contributed by atoms with van der Waals surface area (Å²) in [4.78, 5) is 8.61. The summed E-state index contributed by atoms with van der Waals surface area (Å²) in [6.45, 7) is 2.82. The number of hydrogen-bond donors (Lipinski definition) is 2. The Morgan fingerprint density at radius 3 is 2.52 bits per heavy atom. The van der Waals surface area contributed by atoms with Crippen LogP contribution in [0.4, 0.5) is 0 Å². The van der Waals surface area contributed by atoms with E-state index in [0.717, 1.165) is 16.9 Å². The molecule has 0 fully saturated rings. The lowest BCUT2D eigenvalue weighted by atomic mass is 10.1. The maximum Gasteiger partial charge on any atom is 0.214 e. The molecule has 0 bridgehead atoms. The number of benzene rings is 2. The van der Waals surface area contributed by atoms with E-state index in [2.05, 4.69) is 15.3 Å². The zero-order valence-corrected chi connectivity index (χ0v) is 19.0. The second kappa shape index (κ2) is 10.7. The largest absolute Gasteiger partial charge is 0.493 e. The number of aliphatic imine (C=N–C) groups is 1. The highest BCUT2D eigenvalue weighted by Gasteiger charge is 2.07. The van der Waals surface area contributed by atoms with Gasteiger partial charge in [-0.2, -0.15) is 0 Å². The van der Waals surface area contributed by atoms with Gasteiger partial charge in [0, 0.05) is 5.56 Å². The van der Waals surface area contributed by atoms with Crippen molar-refractivity contribution in [1.29, 1.82) is 0 Å². The number of nitrogens with two attached hydrogens (primary N) is 1. The Balaban J connectivity index is 0.00000300. The normalized spacial score (nSPS) is 10.9. The van der Waals surface area contributed by atoms with Gasteiger partial charge in [-0.15, -0.1) is 24.0 Å². The zero-order valence-electron chi connectivity index (χ0n) is 16.6. The quantitative estimate of drug-likeness (QED) is 0.286. The van der Waals surface area contributed by atoms with Crippen molar-refractivity contribution in [2.75, 3.05) is 14.2 Å². The molecule has 0 saturated heterocycles. The second-order valence-corrected chi connectivity index (χ2v) is 6.23. The Bertz CT molecular complexity index is 955. The highest BCUT2D eigenvalue weighted by molar-refractivity contribution is 14.0. The molecule has 3 aromatic rings. The molecule has 0 aliphatic carbocycles. The van der Waals surface area contributed by atoms with Crippen LogP contribution in [0.25, 0.3) is 11.3 Å². The van der Waals surface area contributed by atoms with Gasteiger partial charge in [0.2, 0.25) is 5.89 Å². The molecule has 0 saturated carbocycles. The third-order valence-corrected chi connectivity index (χ3v) is 4.19. The standard InChI is InChI=1S/C21H24N4O3.HI/c1-14-4-7-16(8-5-14)19-12-23-20(28-19)13-25-21(22)24-11-15-6-9-17(26-2)18(10-15)27-3;/h4-10,12H,11,13H2,1-3H3,(H3,22,24,25);1H. The van der Waals surface area contributed by atoms with Crippen molar-refractivity contribution in [2.24, 2.45) is 10.7 Å². The number of ether oxygens (including phenoxy) is 2. The van der Waals surface area contributed by atoms with Crippen LogP contribution in [-0.4, -0.2) is 25.2 Å². The van der Waals surface area contributed by atoms with E-state index in [-0.39, 0.29) is 24.0 Å². The molecule has 1 aromatic heterocycles. The predicted octanol–water partition coefficient (Wildman–Crippen LogP) is 3.89. The summed E-state index contributed by atoms with van der Waals surface area (Å²) in [5.74, 6) is 2.90. The smallest absolute Gasteiger partial charge is 0.214 e. The molecule has 3 rings (SSSR count). The van der Waals surface area contributed by atoms with E-state index in [9.17, 15) is 0 Å². The van der Waals surface area contributed by atoms with E-state index < -0.39 is 0 Å². The van der Waals surface area contributed by atoms with E-state index in [1.807, 2.05) is 49.4 Å². The van der Waals surface area contributed by atoms with Gasteiger partial charge in [-0.05, 0) is 24.6 Å². The molecule has 154 valence electrons. The van der Waals surface area contributed by atoms with Crippen LogP contribution < -0.4 is 20.5 Å². The highest BCUT2D eigenvalue weighted by atomic mass is 127. The Morgan fingerprint density at radius 2 is 1.83 bits per heavy atom. The van der Waals surface area contributed by atoms with Crippen LogP contribution in [0.5, 0.6) is 11.5 Å². The topological polar surface area (TPSA) is 94.9 Å². The number of nitrogens with one attached hydrogen (secondary N) is 1. The molecule has 1 heterocycles. The van der Waals surface area contributed by atoms with Gasteiger partial charge < -0.3 is 24.9 Å². The first-order chi connectivity index (χ1) is 13.6. The number of hydrogen-bond acceptors (Lipinski definition) is 5. The number of aryl methyl sites for hydroxylation is 1. The third-order valence-electron chi connectivity index (χ3n) is 4.19. The van der Waals surface area contributed by atoms with E-state index >= 15 is 0 Å². The minimum Gasteiger partial charge on any atom is -0.493 e. The summed E-state index contributed by atoms with van der Waals surface area (Å²) in [7, 11) is 3.20. The van der Waals surface area contributed by atoms with Gasteiger partial charge in [0.05, 0.1) is 33.5 Å². The van der Waals surface area contributed by atoms with Crippen molar-refractivity contribution in [1.82, 2.24) is 10.3 Å². The van der Waals surface area contributed by atoms with Gasteiger partial charge in [0.1, 0.15) is 0 Å². The van der Waals surface area contributed by atoms with Crippen molar-refractivity contribution in [2.45, 2.75) is 20.0 Å². The fraction of sp³-hybridized carbons (Fsp3) is 0.238. The molecule has 0 unspecified atom stereocenters. The highest BCUT2D eigenvalue weighted by Crippen LogP contribution is 2.27. The maximum atomic E-state index is 5.94. The van der Waals surface area contributed by atoms with Crippen LogP contribution in [-0.2, 0) is 13.1 Å². The lowest BCUT2D eigenvalue weighted by molar-refractivity contribution is 0.354. The van der Waals surface area contributed by atoms with Gasteiger partial charge in [-0.3, -0.25) is 0 Å². The first kappa shape index (κ1) is 22.5.